The summed E-state index contributed by atoms with van der Waals surface area (Å²) in [5, 5.41) is 4.20. The fraction of sp³-hybridized carbons (Fsp3) is 0.200. The van der Waals surface area contributed by atoms with E-state index in [-0.39, 0.29) is 0 Å². The maximum Gasteiger partial charge on any atom is 0.0756 e. The lowest BCUT2D eigenvalue weighted by Crippen LogP contribution is -1.93. The van der Waals surface area contributed by atoms with Gasteiger partial charge in [-0.2, -0.15) is 0 Å². The molecule has 2 aromatic heterocycles. The van der Waals surface area contributed by atoms with Crippen molar-refractivity contribution >= 4 is 16.6 Å². The molecule has 1 N–H and O–H groups in total. The summed E-state index contributed by atoms with van der Waals surface area (Å²) >= 11 is 0. The van der Waals surface area contributed by atoms with E-state index < -0.39 is 0 Å². The SMILES string of the molecule is CNc1cc(C)nc2ccncc12. The lowest BCUT2D eigenvalue weighted by Gasteiger charge is -2.05. The van der Waals surface area contributed by atoms with Crippen LogP contribution in [0.15, 0.2) is 24.5 Å². The molecule has 0 saturated carbocycles. The second-order valence-corrected chi connectivity index (χ2v) is 2.95. The van der Waals surface area contributed by atoms with Gasteiger partial charge in [0.1, 0.15) is 0 Å². The highest BCUT2D eigenvalue weighted by Gasteiger charge is 2.00. The van der Waals surface area contributed by atoms with Crippen molar-refractivity contribution < 1.29 is 0 Å². The molecule has 0 aliphatic rings. The highest BCUT2D eigenvalue weighted by molar-refractivity contribution is 5.90. The summed E-state index contributed by atoms with van der Waals surface area (Å²) < 4.78 is 0. The number of anilines is 1. The number of aryl methyl sites for hydroxylation is 1. The van der Waals surface area contributed by atoms with Crippen LogP contribution in [-0.4, -0.2) is 17.0 Å². The summed E-state index contributed by atoms with van der Waals surface area (Å²) in [6.07, 6.45) is 3.59. The molecule has 0 saturated heterocycles. The molecule has 0 aliphatic carbocycles. The Morgan fingerprint density at radius 1 is 1.38 bits per heavy atom. The molecule has 0 atom stereocenters. The van der Waals surface area contributed by atoms with Crippen LogP contribution in [0.3, 0.4) is 0 Å². The first kappa shape index (κ1) is 7.98. The van der Waals surface area contributed by atoms with Crippen molar-refractivity contribution in [2.75, 3.05) is 12.4 Å². The van der Waals surface area contributed by atoms with Gasteiger partial charge in [-0.3, -0.25) is 9.97 Å². The molecule has 66 valence electrons. The molecule has 0 unspecified atom stereocenters. The van der Waals surface area contributed by atoms with Crippen molar-refractivity contribution in [3.05, 3.63) is 30.2 Å². The number of rotatable bonds is 1. The van der Waals surface area contributed by atoms with Gasteiger partial charge in [-0.25, -0.2) is 0 Å². The van der Waals surface area contributed by atoms with Gasteiger partial charge in [-0.1, -0.05) is 0 Å². The van der Waals surface area contributed by atoms with Crippen LogP contribution in [0.4, 0.5) is 5.69 Å². The molecule has 3 nitrogen and oxygen atoms in total. The molecule has 2 heterocycles. The van der Waals surface area contributed by atoms with Gasteiger partial charge in [0, 0.05) is 36.2 Å². The number of aromatic nitrogens is 2. The third-order valence-corrected chi connectivity index (χ3v) is 2.01. The Bertz CT molecular complexity index is 437. The number of hydrogen-bond donors (Lipinski definition) is 1. The van der Waals surface area contributed by atoms with Crippen LogP contribution in [0.1, 0.15) is 5.69 Å². The Hall–Kier alpha value is -1.64. The van der Waals surface area contributed by atoms with E-state index in [9.17, 15) is 0 Å². The van der Waals surface area contributed by atoms with E-state index in [0.717, 1.165) is 22.3 Å². The van der Waals surface area contributed by atoms with Crippen molar-refractivity contribution in [2.24, 2.45) is 0 Å². The summed E-state index contributed by atoms with van der Waals surface area (Å²) in [4.78, 5) is 8.48. The average molecular weight is 173 g/mol. The van der Waals surface area contributed by atoms with Gasteiger partial charge in [0.25, 0.3) is 0 Å². The first-order valence-corrected chi connectivity index (χ1v) is 4.20. The van der Waals surface area contributed by atoms with Crippen LogP contribution in [0.5, 0.6) is 0 Å². The van der Waals surface area contributed by atoms with Crippen LogP contribution in [0.25, 0.3) is 10.9 Å². The van der Waals surface area contributed by atoms with E-state index in [4.69, 9.17) is 0 Å². The van der Waals surface area contributed by atoms with Crippen molar-refractivity contribution in [3.63, 3.8) is 0 Å². The third-order valence-electron chi connectivity index (χ3n) is 2.01. The van der Waals surface area contributed by atoms with E-state index in [0.29, 0.717) is 0 Å². The van der Waals surface area contributed by atoms with E-state index in [1.54, 1.807) is 6.20 Å². The first-order valence-electron chi connectivity index (χ1n) is 4.20. The Kier molecular flexibility index (Phi) is 1.85. The molecule has 0 aliphatic heterocycles. The van der Waals surface area contributed by atoms with Crippen LogP contribution in [-0.2, 0) is 0 Å². The quantitative estimate of drug-likeness (QED) is 0.716. The topological polar surface area (TPSA) is 37.8 Å². The van der Waals surface area contributed by atoms with E-state index in [1.807, 2.05) is 32.3 Å². The monoisotopic (exact) mass is 173 g/mol. The molecule has 0 spiro atoms. The lowest BCUT2D eigenvalue weighted by atomic mass is 10.2. The Labute approximate surface area is 76.8 Å². The van der Waals surface area contributed by atoms with Crippen LogP contribution >= 0.6 is 0 Å². The second kappa shape index (κ2) is 3.01. The Morgan fingerprint density at radius 3 is 3.00 bits per heavy atom. The minimum absolute atomic E-state index is 0.986. The normalized spacial score (nSPS) is 10.3. The number of pyridine rings is 2. The average Bonchev–Trinajstić information content (AvgIpc) is 2.16. The van der Waals surface area contributed by atoms with Crippen molar-refractivity contribution in [1.29, 1.82) is 0 Å². The van der Waals surface area contributed by atoms with Gasteiger partial charge in [0.05, 0.1) is 5.52 Å². The zero-order valence-electron chi connectivity index (χ0n) is 7.70. The molecule has 0 bridgehead atoms. The highest BCUT2D eigenvalue weighted by atomic mass is 14.8. The third kappa shape index (κ3) is 1.33. The lowest BCUT2D eigenvalue weighted by molar-refractivity contribution is 1.23. The van der Waals surface area contributed by atoms with Crippen LogP contribution in [0.2, 0.25) is 0 Å². The van der Waals surface area contributed by atoms with Gasteiger partial charge in [-0.05, 0) is 19.1 Å². The second-order valence-electron chi connectivity index (χ2n) is 2.95. The minimum atomic E-state index is 0.986. The number of nitrogens with zero attached hydrogens (tertiary/aromatic N) is 2. The molecule has 0 aromatic carbocycles. The zero-order chi connectivity index (χ0) is 9.26. The van der Waals surface area contributed by atoms with E-state index in [2.05, 4.69) is 15.3 Å². The van der Waals surface area contributed by atoms with E-state index in [1.165, 1.54) is 0 Å². The number of nitrogens with one attached hydrogen (secondary N) is 1. The maximum absolute atomic E-state index is 4.40. The summed E-state index contributed by atoms with van der Waals surface area (Å²) in [5.74, 6) is 0. The van der Waals surface area contributed by atoms with Crippen LogP contribution < -0.4 is 5.32 Å². The molecule has 3 heteroatoms. The predicted octanol–water partition coefficient (Wildman–Crippen LogP) is 1.98. The largest absolute Gasteiger partial charge is 0.387 e. The fourth-order valence-electron chi connectivity index (χ4n) is 1.41. The first-order chi connectivity index (χ1) is 6.31. The van der Waals surface area contributed by atoms with Crippen molar-refractivity contribution in [2.45, 2.75) is 6.92 Å². The molecule has 13 heavy (non-hydrogen) atoms. The summed E-state index contributed by atoms with van der Waals surface area (Å²) in [5.41, 5.74) is 3.08. The van der Waals surface area contributed by atoms with Gasteiger partial charge >= 0.3 is 0 Å². The molecule has 2 rings (SSSR count). The highest BCUT2D eigenvalue weighted by Crippen LogP contribution is 2.20. The molecular formula is C10H11N3. The predicted molar refractivity (Wildman–Crippen MR) is 53.8 cm³/mol. The Balaban J connectivity index is 2.81. The van der Waals surface area contributed by atoms with Crippen LogP contribution in [0, 0.1) is 6.92 Å². The Morgan fingerprint density at radius 2 is 2.23 bits per heavy atom. The fourth-order valence-corrected chi connectivity index (χ4v) is 1.41. The number of hydrogen-bond acceptors (Lipinski definition) is 3. The summed E-state index contributed by atoms with van der Waals surface area (Å²) in [6.45, 7) is 1.99. The van der Waals surface area contributed by atoms with Gasteiger partial charge in [0.2, 0.25) is 0 Å². The minimum Gasteiger partial charge on any atom is -0.387 e. The zero-order valence-corrected chi connectivity index (χ0v) is 7.70. The van der Waals surface area contributed by atoms with Gasteiger partial charge < -0.3 is 5.32 Å². The standard InChI is InChI=1S/C10H11N3/c1-7-5-10(11-2)8-6-12-4-3-9(8)13-7/h3-6H,1-2H3,(H,11,13). The molecule has 2 aromatic rings. The van der Waals surface area contributed by atoms with Crippen molar-refractivity contribution in [3.8, 4) is 0 Å². The smallest absolute Gasteiger partial charge is 0.0756 e. The van der Waals surface area contributed by atoms with Crippen molar-refractivity contribution in [1.82, 2.24) is 9.97 Å². The molecule has 0 amide bonds. The molecule has 0 fully saturated rings. The maximum atomic E-state index is 4.40. The molecular weight excluding hydrogens is 162 g/mol. The summed E-state index contributed by atoms with van der Waals surface area (Å²) in [7, 11) is 1.90. The van der Waals surface area contributed by atoms with Gasteiger partial charge in [-0.15, -0.1) is 0 Å². The van der Waals surface area contributed by atoms with Gasteiger partial charge in [0.15, 0.2) is 0 Å². The van der Waals surface area contributed by atoms with E-state index >= 15 is 0 Å². The summed E-state index contributed by atoms with van der Waals surface area (Å²) in [6, 6.07) is 3.94. The molecule has 0 radical (unpaired) electrons. The number of fused-ring (bicyclic) bond motifs is 1.